The number of aromatic nitrogens is 1. The van der Waals surface area contributed by atoms with E-state index in [0.29, 0.717) is 19.4 Å². The van der Waals surface area contributed by atoms with E-state index in [9.17, 15) is 18.0 Å². The molecule has 0 aromatic carbocycles. The van der Waals surface area contributed by atoms with E-state index in [1.54, 1.807) is 7.05 Å². The molecule has 2 rings (SSSR count). The van der Waals surface area contributed by atoms with Crippen molar-refractivity contribution in [2.45, 2.75) is 17.7 Å². The first-order valence-corrected chi connectivity index (χ1v) is 8.36. The fourth-order valence-corrected chi connectivity index (χ4v) is 3.34. The Morgan fingerprint density at radius 3 is 2.68 bits per heavy atom. The lowest BCUT2D eigenvalue weighted by Gasteiger charge is -2.30. The van der Waals surface area contributed by atoms with Gasteiger partial charge < -0.3 is 14.6 Å². The van der Waals surface area contributed by atoms with Gasteiger partial charge in [-0.2, -0.15) is 0 Å². The zero-order chi connectivity index (χ0) is 16.5. The first-order chi connectivity index (χ1) is 10.3. The number of aliphatic carboxylic acids is 1. The second kappa shape index (κ2) is 6.09. The molecule has 1 aliphatic rings. The molecule has 1 aromatic rings. The normalized spacial score (nSPS) is 19.2. The van der Waals surface area contributed by atoms with E-state index in [2.05, 4.69) is 4.72 Å². The van der Waals surface area contributed by atoms with Crippen LogP contribution >= 0.6 is 0 Å². The number of carbonyl (C=O) groups is 2. The first kappa shape index (κ1) is 16.5. The fraction of sp³-hybridized carbons (Fsp3) is 0.538. The van der Waals surface area contributed by atoms with E-state index in [1.165, 1.54) is 28.8 Å². The maximum absolute atomic E-state index is 12.5. The molecule has 1 unspecified atom stereocenters. The molecule has 0 spiro atoms. The van der Waals surface area contributed by atoms with Gasteiger partial charge in [-0.3, -0.25) is 9.59 Å². The molecule has 9 heteroatoms. The highest BCUT2D eigenvalue weighted by molar-refractivity contribution is 7.89. The third-order valence-electron chi connectivity index (χ3n) is 3.84. The minimum atomic E-state index is -3.62. The summed E-state index contributed by atoms with van der Waals surface area (Å²) in [7, 11) is -0.743. The molecular weight excluding hydrogens is 310 g/mol. The van der Waals surface area contributed by atoms with E-state index in [1.807, 2.05) is 0 Å². The monoisotopic (exact) mass is 329 g/mol. The minimum Gasteiger partial charge on any atom is -0.481 e. The Hall–Kier alpha value is -1.87. The van der Waals surface area contributed by atoms with Crippen LogP contribution in [0.1, 0.15) is 23.3 Å². The number of carboxylic acids is 1. The van der Waals surface area contributed by atoms with Gasteiger partial charge in [-0.25, -0.2) is 13.1 Å². The molecule has 0 radical (unpaired) electrons. The number of rotatable bonds is 4. The summed E-state index contributed by atoms with van der Waals surface area (Å²) in [6.07, 6.45) is 2.53. The number of hydrogen-bond donors (Lipinski definition) is 2. The lowest BCUT2D eigenvalue weighted by atomic mass is 9.98. The van der Waals surface area contributed by atoms with Crippen LogP contribution in [0.25, 0.3) is 0 Å². The fourth-order valence-electron chi connectivity index (χ4n) is 2.54. The zero-order valence-corrected chi connectivity index (χ0v) is 13.3. The quantitative estimate of drug-likeness (QED) is 0.800. The van der Waals surface area contributed by atoms with Crippen LogP contribution < -0.4 is 4.72 Å². The molecular formula is C13H19N3O5S. The number of nitrogens with zero attached hydrogens (tertiary/aromatic N) is 2. The van der Waals surface area contributed by atoms with Gasteiger partial charge in [-0.1, -0.05) is 0 Å². The summed E-state index contributed by atoms with van der Waals surface area (Å²) in [5, 5.41) is 9.07. The summed E-state index contributed by atoms with van der Waals surface area (Å²) in [4.78, 5) is 25.1. The van der Waals surface area contributed by atoms with Gasteiger partial charge >= 0.3 is 5.97 Å². The Morgan fingerprint density at radius 2 is 2.09 bits per heavy atom. The van der Waals surface area contributed by atoms with Gasteiger partial charge in [0.25, 0.3) is 5.91 Å². The van der Waals surface area contributed by atoms with E-state index in [0.717, 1.165) is 0 Å². The molecule has 2 N–H and O–H groups in total. The third-order valence-corrected chi connectivity index (χ3v) is 5.22. The Balaban J connectivity index is 2.25. The number of piperidine rings is 1. The van der Waals surface area contributed by atoms with Crippen LogP contribution in [0.3, 0.4) is 0 Å². The van der Waals surface area contributed by atoms with Crippen molar-refractivity contribution in [3.8, 4) is 0 Å². The van der Waals surface area contributed by atoms with Gasteiger partial charge in [0, 0.05) is 26.3 Å². The number of carbonyl (C=O) groups excluding carboxylic acids is 1. The highest BCUT2D eigenvalue weighted by Gasteiger charge is 2.30. The van der Waals surface area contributed by atoms with Crippen molar-refractivity contribution in [2.24, 2.45) is 13.0 Å². The molecule has 1 saturated heterocycles. The molecule has 1 atom stereocenters. The standard InChI is InChI=1S/C13H19N3O5S/c1-14-22(20,21)10-6-11(15(2)8-10)12(17)16-5-3-4-9(7-16)13(18)19/h6,8-9,14H,3-5,7H2,1-2H3,(H,18,19). The van der Waals surface area contributed by atoms with Crippen LogP contribution in [0, 0.1) is 5.92 Å². The van der Waals surface area contributed by atoms with Crippen LogP contribution in [-0.4, -0.2) is 55.0 Å². The van der Waals surface area contributed by atoms with Crippen molar-refractivity contribution >= 4 is 21.9 Å². The molecule has 1 amide bonds. The predicted molar refractivity (Wildman–Crippen MR) is 77.9 cm³/mol. The van der Waals surface area contributed by atoms with Crippen LogP contribution in [0.5, 0.6) is 0 Å². The molecule has 0 saturated carbocycles. The van der Waals surface area contributed by atoms with Crippen LogP contribution in [0.4, 0.5) is 0 Å². The highest BCUT2D eigenvalue weighted by Crippen LogP contribution is 2.20. The topological polar surface area (TPSA) is 109 Å². The van der Waals surface area contributed by atoms with Crippen molar-refractivity contribution in [1.82, 2.24) is 14.2 Å². The molecule has 122 valence electrons. The minimum absolute atomic E-state index is 0.00708. The number of nitrogens with one attached hydrogen (secondary N) is 1. The summed E-state index contributed by atoms with van der Waals surface area (Å²) in [6.45, 7) is 0.620. The molecule has 0 aliphatic carbocycles. The SMILES string of the molecule is CNS(=O)(=O)c1cc(C(=O)N2CCCC(C(=O)O)C2)n(C)c1. The van der Waals surface area contributed by atoms with Crippen molar-refractivity contribution in [1.29, 1.82) is 0 Å². The zero-order valence-electron chi connectivity index (χ0n) is 12.4. The predicted octanol–water partition coefficient (Wildman–Crippen LogP) is -0.130. The smallest absolute Gasteiger partial charge is 0.308 e. The highest BCUT2D eigenvalue weighted by atomic mass is 32.2. The van der Waals surface area contributed by atoms with Crippen molar-refractivity contribution in [3.05, 3.63) is 18.0 Å². The van der Waals surface area contributed by atoms with Gasteiger partial charge in [0.05, 0.1) is 5.92 Å². The van der Waals surface area contributed by atoms with E-state index in [-0.39, 0.29) is 23.0 Å². The van der Waals surface area contributed by atoms with E-state index in [4.69, 9.17) is 5.11 Å². The lowest BCUT2D eigenvalue weighted by molar-refractivity contribution is -0.143. The number of likely N-dealkylation sites (tertiary alicyclic amines) is 1. The number of hydrogen-bond acceptors (Lipinski definition) is 4. The molecule has 8 nitrogen and oxygen atoms in total. The summed E-state index contributed by atoms with van der Waals surface area (Å²) in [6, 6.07) is 1.30. The number of amides is 1. The molecule has 1 aliphatic heterocycles. The summed E-state index contributed by atoms with van der Waals surface area (Å²) >= 11 is 0. The van der Waals surface area contributed by atoms with Gasteiger partial charge in [0.2, 0.25) is 10.0 Å². The largest absolute Gasteiger partial charge is 0.481 e. The second-order valence-corrected chi connectivity index (χ2v) is 7.19. The van der Waals surface area contributed by atoms with Gasteiger partial charge in [0.1, 0.15) is 10.6 Å². The molecule has 2 heterocycles. The summed E-state index contributed by atoms with van der Waals surface area (Å²) in [5.74, 6) is -1.84. The van der Waals surface area contributed by atoms with Crippen molar-refractivity contribution in [2.75, 3.05) is 20.1 Å². The molecule has 1 fully saturated rings. The van der Waals surface area contributed by atoms with Gasteiger partial charge in [-0.05, 0) is 26.0 Å². The Kier molecular flexibility index (Phi) is 4.57. The molecule has 1 aromatic heterocycles. The maximum Gasteiger partial charge on any atom is 0.308 e. The Morgan fingerprint density at radius 1 is 1.41 bits per heavy atom. The number of aryl methyl sites for hydroxylation is 1. The first-order valence-electron chi connectivity index (χ1n) is 6.88. The van der Waals surface area contributed by atoms with E-state index < -0.39 is 21.9 Å². The van der Waals surface area contributed by atoms with Crippen molar-refractivity contribution in [3.63, 3.8) is 0 Å². The average molecular weight is 329 g/mol. The molecule has 22 heavy (non-hydrogen) atoms. The maximum atomic E-state index is 12.5. The molecule has 0 bridgehead atoms. The lowest BCUT2D eigenvalue weighted by Crippen LogP contribution is -2.42. The van der Waals surface area contributed by atoms with Gasteiger partial charge in [0.15, 0.2) is 0 Å². The number of carboxylic acid groups (broad SMARTS) is 1. The second-order valence-electron chi connectivity index (χ2n) is 5.31. The van der Waals surface area contributed by atoms with Crippen molar-refractivity contribution < 1.29 is 23.1 Å². The van der Waals surface area contributed by atoms with Crippen LogP contribution in [0.15, 0.2) is 17.2 Å². The third kappa shape index (κ3) is 3.14. The Labute approximate surface area is 128 Å². The van der Waals surface area contributed by atoms with E-state index >= 15 is 0 Å². The number of sulfonamides is 1. The average Bonchev–Trinajstić information content (AvgIpc) is 2.89. The van der Waals surface area contributed by atoms with Crippen LogP contribution in [-0.2, 0) is 21.9 Å². The van der Waals surface area contributed by atoms with Gasteiger partial charge in [-0.15, -0.1) is 0 Å². The summed E-state index contributed by atoms with van der Waals surface area (Å²) in [5.41, 5.74) is 0.222. The Bertz CT molecular complexity index is 695. The summed E-state index contributed by atoms with van der Waals surface area (Å²) < 4.78 is 27.2. The van der Waals surface area contributed by atoms with Crippen LogP contribution in [0.2, 0.25) is 0 Å².